The average Bonchev–Trinajstić information content (AvgIpc) is 3.00. The van der Waals surface area contributed by atoms with E-state index in [0.717, 1.165) is 60.2 Å². The van der Waals surface area contributed by atoms with Crippen LogP contribution in [0.25, 0.3) is 11.1 Å². The van der Waals surface area contributed by atoms with Crippen LogP contribution in [0.5, 0.6) is 0 Å². The number of piperidine rings is 1. The van der Waals surface area contributed by atoms with Crippen molar-refractivity contribution in [3.63, 3.8) is 0 Å². The van der Waals surface area contributed by atoms with Crippen molar-refractivity contribution in [3.8, 4) is 17.2 Å². The molecule has 4 nitrogen and oxygen atoms in total. The van der Waals surface area contributed by atoms with Crippen LogP contribution >= 0.6 is 0 Å². The quantitative estimate of drug-likeness (QED) is 0.286. The van der Waals surface area contributed by atoms with Crippen molar-refractivity contribution in [3.05, 3.63) is 131 Å². The third kappa shape index (κ3) is 7.05. The number of amides is 1. The van der Waals surface area contributed by atoms with Crippen LogP contribution in [0.4, 0.5) is 0 Å². The summed E-state index contributed by atoms with van der Waals surface area (Å²) in [4.78, 5) is 15.0. The normalized spacial score (nSPS) is 15.4. The van der Waals surface area contributed by atoms with Gasteiger partial charge in [-0.05, 0) is 79.6 Å². The Hall–Kier alpha value is -4.20. The third-order valence-corrected chi connectivity index (χ3v) is 7.58. The highest BCUT2D eigenvalue weighted by molar-refractivity contribution is 5.94. The van der Waals surface area contributed by atoms with Gasteiger partial charge < -0.3 is 10.2 Å². The molecular formula is C36H39N3O. The lowest BCUT2D eigenvalue weighted by atomic mass is 9.89. The zero-order chi connectivity index (χ0) is 28.3. The lowest BCUT2D eigenvalue weighted by molar-refractivity contribution is 0.0703. The second kappa shape index (κ2) is 14.3. The van der Waals surface area contributed by atoms with Gasteiger partial charge in [0.1, 0.15) is 0 Å². The number of likely N-dealkylation sites (tertiary alicyclic amines) is 1. The maximum Gasteiger partial charge on any atom is 0.253 e. The molecule has 0 saturated carbocycles. The van der Waals surface area contributed by atoms with Gasteiger partial charge in [0.2, 0.25) is 0 Å². The molecule has 204 valence electrons. The van der Waals surface area contributed by atoms with Gasteiger partial charge in [0.05, 0.1) is 17.7 Å². The first kappa shape index (κ1) is 28.8. The minimum atomic E-state index is -0.0480. The number of carbonyl (C=O) groups excluding carboxylic acids is 1. The van der Waals surface area contributed by atoms with Crippen molar-refractivity contribution in [2.75, 3.05) is 13.1 Å². The van der Waals surface area contributed by atoms with Crippen molar-refractivity contribution < 1.29 is 4.79 Å². The molecule has 0 radical (unpaired) electrons. The second-order valence-electron chi connectivity index (χ2n) is 10.2. The summed E-state index contributed by atoms with van der Waals surface area (Å²) in [5.41, 5.74) is 6.89. The molecule has 0 aliphatic carbocycles. The van der Waals surface area contributed by atoms with Crippen molar-refractivity contribution >= 4 is 5.91 Å². The van der Waals surface area contributed by atoms with E-state index in [1.165, 1.54) is 5.57 Å². The predicted molar refractivity (Wildman–Crippen MR) is 165 cm³/mol. The average molecular weight is 530 g/mol. The third-order valence-electron chi connectivity index (χ3n) is 7.58. The van der Waals surface area contributed by atoms with E-state index in [4.69, 9.17) is 0 Å². The van der Waals surface area contributed by atoms with Crippen LogP contribution in [0.1, 0.15) is 66.2 Å². The van der Waals surface area contributed by atoms with Crippen molar-refractivity contribution in [1.82, 2.24) is 10.2 Å². The molecule has 1 amide bonds. The van der Waals surface area contributed by atoms with E-state index in [9.17, 15) is 10.1 Å². The number of aryl methyl sites for hydroxylation is 1. The van der Waals surface area contributed by atoms with E-state index in [0.29, 0.717) is 5.56 Å². The van der Waals surface area contributed by atoms with Gasteiger partial charge in [-0.25, -0.2) is 0 Å². The monoisotopic (exact) mass is 529 g/mol. The number of allylic oxidation sites excluding steroid dienone is 4. The number of carbonyl (C=O) groups is 1. The maximum atomic E-state index is 13.0. The lowest BCUT2D eigenvalue weighted by Crippen LogP contribution is -2.46. The standard InChI is InChI=1S/C36H39N3O/c1-4-6-7-9-15-28(5-2)35(30-19-20-31(26-37)34(25-30)33-18-13-12-14-27(33)3)38-32-21-23-39(24-22-32)36(40)29-16-10-8-11-17-29/h5-20,25,32,35,38H,4,21-24H2,1-3H3/b7-6+,15-9-,28-5+. The molecule has 1 atom stereocenters. The van der Waals surface area contributed by atoms with Crippen LogP contribution < -0.4 is 5.32 Å². The SMILES string of the molecule is C\C=C(/C=C\C=C\CC)C(NC1CCN(C(=O)c2ccccc2)CC1)c1ccc(C#N)c(-c2ccccc2C)c1. The molecule has 3 aromatic rings. The summed E-state index contributed by atoms with van der Waals surface area (Å²) in [6, 6.07) is 26.6. The molecule has 3 aromatic carbocycles. The number of nitrogens with zero attached hydrogens (tertiary/aromatic N) is 2. The summed E-state index contributed by atoms with van der Waals surface area (Å²) < 4.78 is 0. The molecule has 1 aliphatic heterocycles. The first-order valence-corrected chi connectivity index (χ1v) is 14.3. The number of nitriles is 1. The van der Waals surface area contributed by atoms with Crippen molar-refractivity contribution in [1.29, 1.82) is 5.26 Å². The first-order valence-electron chi connectivity index (χ1n) is 14.3. The fourth-order valence-electron chi connectivity index (χ4n) is 5.31. The molecular weight excluding hydrogens is 490 g/mol. The number of rotatable bonds is 9. The second-order valence-corrected chi connectivity index (χ2v) is 10.2. The van der Waals surface area contributed by atoms with Crippen LogP contribution in [-0.4, -0.2) is 29.9 Å². The predicted octanol–water partition coefficient (Wildman–Crippen LogP) is 7.94. The molecule has 4 rings (SSSR count). The van der Waals surface area contributed by atoms with Crippen LogP contribution in [-0.2, 0) is 0 Å². The molecule has 0 aromatic heterocycles. The Labute approximate surface area is 239 Å². The highest BCUT2D eigenvalue weighted by Gasteiger charge is 2.27. The summed E-state index contributed by atoms with van der Waals surface area (Å²) in [7, 11) is 0. The molecule has 0 bridgehead atoms. The van der Waals surface area contributed by atoms with Crippen molar-refractivity contribution in [2.24, 2.45) is 0 Å². The highest BCUT2D eigenvalue weighted by Crippen LogP contribution is 2.33. The van der Waals surface area contributed by atoms with Crippen LogP contribution in [0.15, 0.2) is 109 Å². The Kier molecular flexibility index (Phi) is 10.3. The fraction of sp³-hybridized carbons (Fsp3) is 0.278. The van der Waals surface area contributed by atoms with Gasteiger partial charge in [0.15, 0.2) is 0 Å². The topological polar surface area (TPSA) is 56.1 Å². The van der Waals surface area contributed by atoms with Crippen LogP contribution in [0.3, 0.4) is 0 Å². The van der Waals surface area contributed by atoms with Gasteiger partial charge in [0.25, 0.3) is 5.91 Å². The number of nitrogens with one attached hydrogen (secondary N) is 1. The Morgan fingerprint density at radius 3 is 2.42 bits per heavy atom. The molecule has 1 saturated heterocycles. The minimum Gasteiger partial charge on any atom is -0.339 e. The molecule has 1 aliphatic rings. The smallest absolute Gasteiger partial charge is 0.253 e. The minimum absolute atomic E-state index is 0.0480. The van der Waals surface area contributed by atoms with E-state index in [1.54, 1.807) is 0 Å². The van der Waals surface area contributed by atoms with E-state index >= 15 is 0 Å². The number of hydrogen-bond donors (Lipinski definition) is 1. The van der Waals surface area contributed by atoms with E-state index in [1.807, 2.05) is 53.4 Å². The summed E-state index contributed by atoms with van der Waals surface area (Å²) in [6.07, 6.45) is 13.4. The summed E-state index contributed by atoms with van der Waals surface area (Å²) in [6.45, 7) is 7.74. The highest BCUT2D eigenvalue weighted by atomic mass is 16.2. The number of benzene rings is 3. The molecule has 1 N–H and O–H groups in total. The van der Waals surface area contributed by atoms with E-state index in [-0.39, 0.29) is 18.0 Å². The largest absolute Gasteiger partial charge is 0.339 e. The van der Waals surface area contributed by atoms with Gasteiger partial charge in [0, 0.05) is 30.3 Å². The van der Waals surface area contributed by atoms with Crippen LogP contribution in [0, 0.1) is 18.3 Å². The number of hydrogen-bond acceptors (Lipinski definition) is 3. The zero-order valence-corrected chi connectivity index (χ0v) is 23.8. The van der Waals surface area contributed by atoms with E-state index in [2.05, 4.69) is 86.8 Å². The molecule has 0 spiro atoms. The summed E-state index contributed by atoms with van der Waals surface area (Å²) in [5.74, 6) is 0.102. The molecule has 1 unspecified atom stereocenters. The zero-order valence-electron chi connectivity index (χ0n) is 23.8. The Bertz CT molecular complexity index is 1420. The van der Waals surface area contributed by atoms with Gasteiger partial charge in [-0.3, -0.25) is 4.79 Å². The van der Waals surface area contributed by atoms with E-state index < -0.39 is 0 Å². The lowest BCUT2D eigenvalue weighted by Gasteiger charge is -2.35. The van der Waals surface area contributed by atoms with Crippen LogP contribution in [0.2, 0.25) is 0 Å². The fourth-order valence-corrected chi connectivity index (χ4v) is 5.31. The molecule has 1 heterocycles. The molecule has 1 fully saturated rings. The van der Waals surface area contributed by atoms with Gasteiger partial charge in [-0.15, -0.1) is 0 Å². The maximum absolute atomic E-state index is 13.0. The van der Waals surface area contributed by atoms with Gasteiger partial charge in [-0.2, -0.15) is 5.26 Å². The Morgan fingerprint density at radius 1 is 1.02 bits per heavy atom. The molecule has 40 heavy (non-hydrogen) atoms. The Morgan fingerprint density at radius 2 is 1.75 bits per heavy atom. The summed E-state index contributed by atoms with van der Waals surface area (Å²) >= 11 is 0. The summed E-state index contributed by atoms with van der Waals surface area (Å²) in [5, 5.41) is 13.8. The van der Waals surface area contributed by atoms with Gasteiger partial charge >= 0.3 is 0 Å². The Balaban J connectivity index is 1.62. The molecule has 4 heteroatoms. The van der Waals surface area contributed by atoms with Gasteiger partial charge in [-0.1, -0.05) is 85.8 Å². The van der Waals surface area contributed by atoms with Crippen molar-refractivity contribution in [2.45, 2.75) is 52.1 Å². The first-order chi connectivity index (χ1) is 19.5.